The number of ether oxygens (including phenoxy) is 5. The van der Waals surface area contributed by atoms with Gasteiger partial charge in [0.1, 0.15) is 68.0 Å². The fourth-order valence-electron chi connectivity index (χ4n) is 5.47. The second-order valence-electron chi connectivity index (χ2n) is 11.3. The Balaban J connectivity index is 1.18. The Morgan fingerprint density at radius 3 is 2.37 bits per heavy atom. The Morgan fingerprint density at radius 1 is 0.935 bits per heavy atom. The number of fused-ring (bicyclic) bond motifs is 1. The molecule has 2 aliphatic heterocycles. The molecule has 2 aromatic rings. The number of aromatic hydroxyl groups is 1. The molecule has 10 atom stereocenters. The molecule has 5 rings (SSSR count). The SMILES string of the molecule is CC(=Cc1ccc(O[C@@H]2O[C@H](C(C)=CCOc3cc(Cl)ccc3Cl)[C@@H](O)[C@@H]2O)c(O)c1)C(=O)N[C@@H]1[C@H](O)[C@@H](O)[C@H]2OCO[C@H]2[C@@H]1O. The number of carbonyl (C=O) groups excluding carboxylic acids is 1. The third-order valence-electron chi connectivity index (χ3n) is 8.07. The number of benzene rings is 2. The fraction of sp³-hybridized carbons (Fsp3) is 0.452. The number of amides is 1. The molecule has 7 N–H and O–H groups in total. The Morgan fingerprint density at radius 2 is 1.65 bits per heavy atom. The molecule has 1 saturated carbocycles. The zero-order valence-electron chi connectivity index (χ0n) is 24.7. The first-order valence-electron chi connectivity index (χ1n) is 14.4. The van der Waals surface area contributed by atoms with E-state index < -0.39 is 67.1 Å². The first kappa shape index (κ1) is 34.4. The zero-order chi connectivity index (χ0) is 33.3. The molecule has 1 aliphatic carbocycles. The predicted octanol–water partition coefficient (Wildman–Crippen LogP) is 1.28. The lowest BCUT2D eigenvalue weighted by atomic mass is 9.83. The molecular formula is C31H35Cl2NO12. The lowest BCUT2D eigenvalue weighted by molar-refractivity contribution is -0.155. The lowest BCUT2D eigenvalue weighted by Gasteiger charge is -2.41. The normalized spacial score (nSPS) is 33.1. The number of halogens is 2. The highest BCUT2D eigenvalue weighted by molar-refractivity contribution is 6.34. The number of aliphatic hydroxyl groups is 5. The molecule has 15 heteroatoms. The van der Waals surface area contributed by atoms with Gasteiger partial charge in [0.2, 0.25) is 12.2 Å². The van der Waals surface area contributed by atoms with Crippen molar-refractivity contribution in [1.29, 1.82) is 0 Å². The molecule has 46 heavy (non-hydrogen) atoms. The highest BCUT2D eigenvalue weighted by atomic mass is 35.5. The van der Waals surface area contributed by atoms with E-state index in [9.17, 15) is 35.4 Å². The van der Waals surface area contributed by atoms with Crippen LogP contribution in [0.25, 0.3) is 6.08 Å². The molecule has 0 spiro atoms. The van der Waals surface area contributed by atoms with E-state index in [1.54, 1.807) is 31.2 Å². The molecule has 0 radical (unpaired) electrons. The summed E-state index contributed by atoms with van der Waals surface area (Å²) in [4.78, 5) is 12.9. The molecule has 1 amide bonds. The van der Waals surface area contributed by atoms with E-state index in [1.165, 1.54) is 31.2 Å². The molecule has 2 aromatic carbocycles. The molecule has 2 saturated heterocycles. The van der Waals surface area contributed by atoms with E-state index in [0.29, 0.717) is 26.9 Å². The number of rotatable bonds is 9. The summed E-state index contributed by atoms with van der Waals surface area (Å²) in [6, 6.07) is 7.83. The summed E-state index contributed by atoms with van der Waals surface area (Å²) < 4.78 is 27.6. The van der Waals surface area contributed by atoms with Crippen LogP contribution in [0, 0.1) is 0 Å². The van der Waals surface area contributed by atoms with E-state index in [0.717, 1.165) is 0 Å². The van der Waals surface area contributed by atoms with Crippen LogP contribution >= 0.6 is 23.2 Å². The summed E-state index contributed by atoms with van der Waals surface area (Å²) in [7, 11) is 0. The van der Waals surface area contributed by atoms with Gasteiger partial charge < -0.3 is 59.6 Å². The Labute approximate surface area is 274 Å². The van der Waals surface area contributed by atoms with Gasteiger partial charge in [-0.25, -0.2) is 0 Å². The lowest BCUT2D eigenvalue weighted by Crippen LogP contribution is -2.67. The van der Waals surface area contributed by atoms with Crippen LogP contribution < -0.4 is 14.8 Å². The maximum atomic E-state index is 12.9. The van der Waals surface area contributed by atoms with Gasteiger partial charge in [0.15, 0.2) is 11.5 Å². The number of hydrogen-bond acceptors (Lipinski definition) is 12. The number of hydrogen-bond donors (Lipinski definition) is 7. The maximum absolute atomic E-state index is 12.9. The van der Waals surface area contributed by atoms with E-state index in [1.807, 2.05) is 0 Å². The van der Waals surface area contributed by atoms with Gasteiger partial charge in [-0.15, -0.1) is 0 Å². The summed E-state index contributed by atoms with van der Waals surface area (Å²) in [6.45, 7) is 3.11. The average molecular weight is 685 g/mol. The predicted molar refractivity (Wildman–Crippen MR) is 163 cm³/mol. The van der Waals surface area contributed by atoms with Gasteiger partial charge in [0.05, 0.1) is 11.1 Å². The summed E-state index contributed by atoms with van der Waals surface area (Å²) in [5, 5.41) is 66.5. The quantitative estimate of drug-likeness (QED) is 0.148. The van der Waals surface area contributed by atoms with Crippen LogP contribution in [-0.4, -0.2) is 111 Å². The Bertz CT molecular complexity index is 1490. The van der Waals surface area contributed by atoms with Crippen molar-refractivity contribution in [2.24, 2.45) is 0 Å². The van der Waals surface area contributed by atoms with Crippen LogP contribution in [0.4, 0.5) is 0 Å². The molecule has 0 unspecified atom stereocenters. The minimum absolute atomic E-state index is 0.0486. The van der Waals surface area contributed by atoms with Crippen LogP contribution in [0.15, 0.2) is 53.6 Å². The van der Waals surface area contributed by atoms with Gasteiger partial charge in [-0.1, -0.05) is 29.3 Å². The third kappa shape index (κ3) is 7.29. The minimum atomic E-state index is -1.50. The van der Waals surface area contributed by atoms with Crippen molar-refractivity contribution in [2.75, 3.05) is 13.4 Å². The van der Waals surface area contributed by atoms with Crippen LogP contribution in [0.5, 0.6) is 17.2 Å². The van der Waals surface area contributed by atoms with Crippen molar-refractivity contribution in [3.8, 4) is 17.2 Å². The second-order valence-corrected chi connectivity index (χ2v) is 12.1. The highest BCUT2D eigenvalue weighted by Crippen LogP contribution is 2.34. The van der Waals surface area contributed by atoms with Crippen molar-refractivity contribution < 1.29 is 59.1 Å². The minimum Gasteiger partial charge on any atom is -0.504 e. The van der Waals surface area contributed by atoms with Crippen LogP contribution in [-0.2, 0) is 19.0 Å². The number of nitrogens with one attached hydrogen (secondary N) is 1. The summed E-state index contributed by atoms with van der Waals surface area (Å²) in [5.74, 6) is -0.640. The largest absolute Gasteiger partial charge is 0.504 e. The van der Waals surface area contributed by atoms with Crippen molar-refractivity contribution in [2.45, 2.75) is 75.0 Å². The number of carbonyl (C=O) groups is 1. The number of phenolic OH excluding ortho intramolecular Hbond substituents is 1. The second kappa shape index (κ2) is 14.4. The van der Waals surface area contributed by atoms with Gasteiger partial charge in [0.25, 0.3) is 0 Å². The first-order chi connectivity index (χ1) is 21.8. The third-order valence-corrected chi connectivity index (χ3v) is 8.62. The molecular weight excluding hydrogens is 649 g/mol. The van der Waals surface area contributed by atoms with Crippen molar-refractivity contribution >= 4 is 35.2 Å². The van der Waals surface area contributed by atoms with Crippen molar-refractivity contribution in [3.63, 3.8) is 0 Å². The molecule has 3 fully saturated rings. The molecule has 0 aromatic heterocycles. The summed E-state index contributed by atoms with van der Waals surface area (Å²) >= 11 is 12.1. The number of phenols is 1. The van der Waals surface area contributed by atoms with Gasteiger partial charge in [-0.05, 0) is 61.4 Å². The average Bonchev–Trinajstić information content (AvgIpc) is 3.62. The summed E-state index contributed by atoms with van der Waals surface area (Å²) in [5.41, 5.74) is 1.12. The number of aliphatic hydroxyl groups excluding tert-OH is 5. The van der Waals surface area contributed by atoms with Gasteiger partial charge >= 0.3 is 0 Å². The fourth-order valence-corrected chi connectivity index (χ4v) is 5.81. The zero-order valence-corrected chi connectivity index (χ0v) is 26.2. The van der Waals surface area contributed by atoms with Gasteiger partial charge in [-0.3, -0.25) is 4.79 Å². The van der Waals surface area contributed by atoms with E-state index in [-0.39, 0.29) is 30.5 Å². The molecule has 2 heterocycles. The standard InChI is InChI=1S/C31H35Cl2NO12/c1-13(7-8-42-20-11-16(32)4-5-17(20)33)27-25(39)26(40)31(46-27)45-19-6-3-15(10-18(19)35)9-14(2)30(41)34-21-22(36)24(38)29-28(23(21)37)43-12-44-29/h3-7,9-11,21-29,31,35-40H,8,12H2,1-2H3,(H,34,41)/t21-,22+,23-,24-,25+,26+,27-,28+,29-,31-/m1/s1. The van der Waals surface area contributed by atoms with Crippen LogP contribution in [0.1, 0.15) is 19.4 Å². The highest BCUT2D eigenvalue weighted by Gasteiger charge is 2.53. The van der Waals surface area contributed by atoms with Crippen LogP contribution in [0.2, 0.25) is 10.0 Å². The maximum Gasteiger partial charge on any atom is 0.247 e. The van der Waals surface area contributed by atoms with Gasteiger partial charge in [0, 0.05) is 16.7 Å². The van der Waals surface area contributed by atoms with E-state index in [4.69, 9.17) is 46.9 Å². The molecule has 13 nitrogen and oxygen atoms in total. The van der Waals surface area contributed by atoms with Crippen LogP contribution in [0.3, 0.4) is 0 Å². The Kier molecular flexibility index (Phi) is 10.8. The van der Waals surface area contributed by atoms with E-state index in [2.05, 4.69) is 5.32 Å². The molecule has 3 aliphatic rings. The first-order valence-corrected chi connectivity index (χ1v) is 15.1. The molecule has 250 valence electrons. The van der Waals surface area contributed by atoms with Crippen molar-refractivity contribution in [3.05, 3.63) is 69.2 Å². The van der Waals surface area contributed by atoms with Crippen molar-refractivity contribution in [1.82, 2.24) is 5.32 Å². The topological polar surface area (TPSA) is 197 Å². The summed E-state index contributed by atoms with van der Waals surface area (Å²) in [6.07, 6.45) is -7.93. The smallest absolute Gasteiger partial charge is 0.247 e. The monoisotopic (exact) mass is 683 g/mol. The van der Waals surface area contributed by atoms with Gasteiger partial charge in [-0.2, -0.15) is 0 Å². The van der Waals surface area contributed by atoms with E-state index >= 15 is 0 Å². The Hall–Kier alpha value is -2.95. The molecule has 0 bridgehead atoms.